The van der Waals surface area contributed by atoms with Gasteiger partial charge in [0.25, 0.3) is 0 Å². The Labute approximate surface area is 207 Å². The molecular weight excluding hydrogens is 521 g/mol. The number of aryl methyl sites for hydroxylation is 3. The fourth-order valence-electron chi connectivity index (χ4n) is 3.86. The third-order valence-corrected chi connectivity index (χ3v) is 9.36. The van der Waals surface area contributed by atoms with Gasteiger partial charge < -0.3 is 0 Å². The fourth-order valence-corrected chi connectivity index (χ4v) is 6.98. The molecule has 1 aliphatic carbocycles. The van der Waals surface area contributed by atoms with Crippen molar-refractivity contribution in [2.75, 3.05) is 0 Å². The zero-order chi connectivity index (χ0) is 25.3. The van der Waals surface area contributed by atoms with Gasteiger partial charge in [-0.05, 0) is 52.7 Å². The summed E-state index contributed by atoms with van der Waals surface area (Å²) >= 11 is 2.55. The summed E-state index contributed by atoms with van der Waals surface area (Å²) < 4.78 is 73.0. The van der Waals surface area contributed by atoms with Crippen molar-refractivity contribution in [1.82, 2.24) is 29.7 Å². The van der Waals surface area contributed by atoms with Crippen LogP contribution in [0.5, 0.6) is 0 Å². The molecule has 1 saturated carbocycles. The summed E-state index contributed by atoms with van der Waals surface area (Å²) in [7, 11) is -4.20. The van der Waals surface area contributed by atoms with Crippen molar-refractivity contribution in [1.29, 1.82) is 0 Å². The number of alkyl halides is 3. The van der Waals surface area contributed by atoms with Crippen molar-refractivity contribution in [2.45, 2.75) is 63.7 Å². The molecule has 3 heterocycles. The minimum atomic E-state index is -4.82. The maximum Gasteiger partial charge on any atom is 0.418 e. The molecule has 8 nitrogen and oxygen atoms in total. The summed E-state index contributed by atoms with van der Waals surface area (Å²) in [6, 6.07) is 1.94. The van der Waals surface area contributed by atoms with Gasteiger partial charge in [-0.25, -0.2) is 18.1 Å². The van der Waals surface area contributed by atoms with Crippen LogP contribution >= 0.6 is 22.7 Å². The minimum absolute atomic E-state index is 0.0520. The monoisotopic (exact) mass is 542 g/mol. The Morgan fingerprint density at radius 1 is 1.11 bits per heavy atom. The minimum Gasteiger partial charge on any atom is -0.258 e. The molecule has 1 N–H and O–H groups in total. The third kappa shape index (κ3) is 4.59. The lowest BCUT2D eigenvalue weighted by Gasteiger charge is -2.16. The lowest BCUT2D eigenvalue weighted by atomic mass is 10.1. The zero-order valence-corrected chi connectivity index (χ0v) is 21.6. The molecule has 1 fully saturated rings. The molecule has 35 heavy (non-hydrogen) atoms. The van der Waals surface area contributed by atoms with Gasteiger partial charge in [0.2, 0.25) is 10.0 Å². The molecule has 0 unspecified atom stereocenters. The first-order valence-electron chi connectivity index (χ1n) is 10.6. The number of hydrogen-bond donors (Lipinski definition) is 1. The molecule has 0 radical (unpaired) electrons. The highest BCUT2D eigenvalue weighted by atomic mass is 32.2. The van der Waals surface area contributed by atoms with Crippen molar-refractivity contribution in [3.8, 4) is 10.7 Å². The number of nitrogens with one attached hydrogen (secondary N) is 1. The van der Waals surface area contributed by atoms with Crippen LogP contribution in [0.1, 0.15) is 45.9 Å². The van der Waals surface area contributed by atoms with E-state index in [-0.39, 0.29) is 23.1 Å². The molecule has 1 aliphatic rings. The summed E-state index contributed by atoms with van der Waals surface area (Å²) in [5.41, 5.74) is -1.06. The van der Waals surface area contributed by atoms with Crippen LogP contribution in [0, 0.1) is 20.8 Å². The number of halogens is 3. The second-order valence-corrected chi connectivity index (χ2v) is 13.1. The zero-order valence-electron chi connectivity index (χ0n) is 19.2. The van der Waals surface area contributed by atoms with Gasteiger partial charge >= 0.3 is 6.18 Å². The van der Waals surface area contributed by atoms with Crippen LogP contribution in [-0.2, 0) is 22.7 Å². The fraction of sp³-hybridized carbons (Fsp3) is 0.429. The van der Waals surface area contributed by atoms with Gasteiger partial charge in [0.15, 0.2) is 5.01 Å². The first-order chi connectivity index (χ1) is 16.3. The average molecular weight is 543 g/mol. The van der Waals surface area contributed by atoms with E-state index in [0.29, 0.717) is 34.6 Å². The van der Waals surface area contributed by atoms with E-state index < -0.39 is 32.2 Å². The third-order valence-electron chi connectivity index (χ3n) is 5.84. The number of aromatic nitrogens is 5. The number of rotatable bonds is 6. The Bertz CT molecular complexity index is 1560. The average Bonchev–Trinajstić information content (AvgIpc) is 3.05. The molecule has 4 aromatic rings. The summed E-state index contributed by atoms with van der Waals surface area (Å²) in [5.74, 6) is 0. The molecule has 0 amide bonds. The molecule has 186 valence electrons. The van der Waals surface area contributed by atoms with E-state index in [4.69, 9.17) is 0 Å². The molecular formula is C21H21F3N6O2S3. The number of fused-ring (bicyclic) bond motifs is 1. The maximum atomic E-state index is 14.4. The van der Waals surface area contributed by atoms with Gasteiger partial charge in [0, 0.05) is 15.8 Å². The Balaban J connectivity index is 1.79. The molecule has 3 aromatic heterocycles. The second-order valence-electron chi connectivity index (χ2n) is 8.90. The molecule has 5 rings (SSSR count). The standard InChI is InChI=1S/C21H21F3N6O2S3/c1-10-16(33-11(2)25-10)9-30-18-14(17(28-30)19-27-26-12(3)34-19)7-13(8-15(18)21(22,23)24)35(31,32)29-20(4)5-6-20/h7-8,29H,5-6,9H2,1-4H3. The molecule has 0 saturated heterocycles. The summed E-state index contributed by atoms with van der Waals surface area (Å²) in [4.78, 5) is 4.66. The highest BCUT2D eigenvalue weighted by Gasteiger charge is 2.43. The Kier molecular flexibility index (Phi) is 5.58. The Morgan fingerprint density at radius 2 is 1.83 bits per heavy atom. The van der Waals surface area contributed by atoms with E-state index in [1.807, 2.05) is 6.92 Å². The van der Waals surface area contributed by atoms with Crippen LogP contribution in [0.25, 0.3) is 21.6 Å². The molecule has 1 aromatic carbocycles. The van der Waals surface area contributed by atoms with Gasteiger partial charge in [-0.1, -0.05) is 11.3 Å². The number of sulfonamides is 1. The normalized spacial score (nSPS) is 15.7. The van der Waals surface area contributed by atoms with Gasteiger partial charge in [0.1, 0.15) is 10.7 Å². The van der Waals surface area contributed by atoms with E-state index in [1.54, 1.807) is 20.8 Å². The molecule has 0 atom stereocenters. The Hall–Kier alpha value is -2.42. The van der Waals surface area contributed by atoms with Gasteiger partial charge in [-0.3, -0.25) is 4.68 Å². The number of hydrogen-bond acceptors (Lipinski definition) is 8. The van der Waals surface area contributed by atoms with Gasteiger partial charge in [0.05, 0.1) is 33.2 Å². The van der Waals surface area contributed by atoms with Crippen LogP contribution in [0.15, 0.2) is 17.0 Å². The quantitative estimate of drug-likeness (QED) is 0.374. The first kappa shape index (κ1) is 24.3. The van der Waals surface area contributed by atoms with E-state index in [0.717, 1.165) is 9.88 Å². The van der Waals surface area contributed by atoms with E-state index in [9.17, 15) is 21.6 Å². The van der Waals surface area contributed by atoms with Crippen LogP contribution in [-0.4, -0.2) is 38.9 Å². The molecule has 0 spiro atoms. The predicted octanol–water partition coefficient (Wildman–Crippen LogP) is 4.83. The van der Waals surface area contributed by atoms with E-state index in [2.05, 4.69) is 25.0 Å². The van der Waals surface area contributed by atoms with Crippen LogP contribution in [0.3, 0.4) is 0 Å². The lowest BCUT2D eigenvalue weighted by Crippen LogP contribution is -2.34. The number of benzene rings is 1. The maximum absolute atomic E-state index is 14.4. The van der Waals surface area contributed by atoms with Gasteiger partial charge in [-0.2, -0.15) is 18.3 Å². The van der Waals surface area contributed by atoms with E-state index in [1.165, 1.54) is 33.4 Å². The van der Waals surface area contributed by atoms with Crippen LogP contribution < -0.4 is 4.72 Å². The summed E-state index contributed by atoms with van der Waals surface area (Å²) in [5, 5.41) is 14.3. The molecule has 0 aliphatic heterocycles. The topological polar surface area (TPSA) is 103 Å². The Morgan fingerprint density at radius 3 is 2.37 bits per heavy atom. The highest BCUT2D eigenvalue weighted by Crippen LogP contribution is 2.42. The molecule has 0 bridgehead atoms. The first-order valence-corrected chi connectivity index (χ1v) is 13.8. The van der Waals surface area contributed by atoms with Gasteiger partial charge in [-0.15, -0.1) is 21.5 Å². The van der Waals surface area contributed by atoms with Crippen molar-refractivity contribution in [3.63, 3.8) is 0 Å². The lowest BCUT2D eigenvalue weighted by molar-refractivity contribution is -0.136. The van der Waals surface area contributed by atoms with Crippen molar-refractivity contribution in [2.24, 2.45) is 0 Å². The summed E-state index contributed by atoms with van der Waals surface area (Å²) in [6.07, 6.45) is -3.57. The number of nitrogens with zero attached hydrogens (tertiary/aromatic N) is 5. The van der Waals surface area contributed by atoms with Crippen molar-refractivity contribution < 1.29 is 21.6 Å². The van der Waals surface area contributed by atoms with Crippen molar-refractivity contribution in [3.05, 3.63) is 38.3 Å². The van der Waals surface area contributed by atoms with Crippen molar-refractivity contribution >= 4 is 43.6 Å². The predicted molar refractivity (Wildman–Crippen MR) is 127 cm³/mol. The van der Waals surface area contributed by atoms with E-state index >= 15 is 0 Å². The highest BCUT2D eigenvalue weighted by molar-refractivity contribution is 7.89. The second kappa shape index (κ2) is 8.05. The van der Waals surface area contributed by atoms with Crippen LogP contribution in [0.4, 0.5) is 13.2 Å². The summed E-state index contributed by atoms with van der Waals surface area (Å²) in [6.45, 7) is 7.11. The SMILES string of the molecule is Cc1nnc(-c2nn(Cc3sc(C)nc3C)c3c(C(F)(F)F)cc(S(=O)(=O)NC4(C)CC4)cc23)s1. The van der Waals surface area contributed by atoms with Crippen LogP contribution in [0.2, 0.25) is 0 Å². The smallest absolute Gasteiger partial charge is 0.258 e. The largest absolute Gasteiger partial charge is 0.418 e. The number of thiazole rings is 1. The molecule has 14 heteroatoms.